The van der Waals surface area contributed by atoms with Crippen molar-refractivity contribution in [2.75, 3.05) is 6.26 Å². The Bertz CT molecular complexity index is 759. The van der Waals surface area contributed by atoms with Crippen LogP contribution in [0.25, 0.3) is 0 Å². The Balaban J connectivity index is 2.05. The van der Waals surface area contributed by atoms with E-state index < -0.39 is 9.84 Å². The van der Waals surface area contributed by atoms with Crippen molar-refractivity contribution in [1.29, 1.82) is 0 Å². The highest BCUT2D eigenvalue weighted by Gasteiger charge is 2.11. The van der Waals surface area contributed by atoms with Gasteiger partial charge < -0.3 is 5.32 Å². The lowest BCUT2D eigenvalue weighted by Gasteiger charge is -2.06. The van der Waals surface area contributed by atoms with Gasteiger partial charge in [-0.2, -0.15) is 0 Å². The SMILES string of the molecule is Cc1scc(CNC(=O)c2ccc(S(C)(=O)=O)cc2)c1C. The first-order valence-corrected chi connectivity index (χ1v) is 9.18. The van der Waals surface area contributed by atoms with Crippen molar-refractivity contribution in [2.24, 2.45) is 0 Å². The van der Waals surface area contributed by atoms with E-state index in [1.165, 1.54) is 34.7 Å². The zero-order valence-corrected chi connectivity index (χ0v) is 13.8. The summed E-state index contributed by atoms with van der Waals surface area (Å²) in [5.74, 6) is -0.210. The van der Waals surface area contributed by atoms with E-state index in [0.29, 0.717) is 12.1 Å². The third-order valence-electron chi connectivity index (χ3n) is 3.37. The molecule has 1 aromatic heterocycles. The van der Waals surface area contributed by atoms with Crippen molar-refractivity contribution >= 4 is 27.1 Å². The predicted octanol–water partition coefficient (Wildman–Crippen LogP) is 2.70. The van der Waals surface area contributed by atoms with Crippen LogP contribution >= 0.6 is 11.3 Å². The number of carbonyl (C=O) groups is 1. The molecular formula is C15H17NO3S2. The van der Waals surface area contributed by atoms with Crippen LogP contribution in [-0.2, 0) is 16.4 Å². The summed E-state index contributed by atoms with van der Waals surface area (Å²) in [5, 5.41) is 4.89. The molecule has 112 valence electrons. The number of hydrogen-bond acceptors (Lipinski definition) is 4. The second kappa shape index (κ2) is 5.99. The Hall–Kier alpha value is -1.66. The number of rotatable bonds is 4. The molecule has 4 nitrogen and oxygen atoms in total. The minimum absolute atomic E-state index is 0.210. The molecule has 0 aliphatic rings. The summed E-state index contributed by atoms with van der Waals surface area (Å²) in [7, 11) is -3.23. The lowest BCUT2D eigenvalue weighted by molar-refractivity contribution is 0.0951. The van der Waals surface area contributed by atoms with Crippen molar-refractivity contribution in [2.45, 2.75) is 25.3 Å². The summed E-state index contributed by atoms with van der Waals surface area (Å²) in [6.45, 7) is 4.56. The van der Waals surface area contributed by atoms with E-state index >= 15 is 0 Å². The molecule has 2 rings (SSSR count). The maximum atomic E-state index is 12.0. The van der Waals surface area contributed by atoms with E-state index in [9.17, 15) is 13.2 Å². The summed E-state index contributed by atoms with van der Waals surface area (Å²) in [6.07, 6.45) is 1.14. The van der Waals surface area contributed by atoms with Crippen LogP contribution in [0.1, 0.15) is 26.4 Å². The van der Waals surface area contributed by atoms with E-state index in [2.05, 4.69) is 12.2 Å². The van der Waals surface area contributed by atoms with Gasteiger partial charge in [-0.1, -0.05) is 0 Å². The van der Waals surface area contributed by atoms with Gasteiger partial charge in [0.15, 0.2) is 9.84 Å². The number of nitrogens with one attached hydrogen (secondary N) is 1. The summed E-state index contributed by atoms with van der Waals surface area (Å²) in [5.41, 5.74) is 2.76. The van der Waals surface area contributed by atoms with Crippen LogP contribution in [0.4, 0.5) is 0 Å². The highest BCUT2D eigenvalue weighted by Crippen LogP contribution is 2.20. The number of hydrogen-bond donors (Lipinski definition) is 1. The summed E-state index contributed by atoms with van der Waals surface area (Å²) < 4.78 is 22.7. The molecule has 1 N–H and O–H groups in total. The zero-order valence-electron chi connectivity index (χ0n) is 12.1. The first kappa shape index (κ1) is 15.7. The number of carbonyl (C=O) groups excluding carboxylic acids is 1. The fourth-order valence-corrected chi connectivity index (χ4v) is 3.39. The zero-order chi connectivity index (χ0) is 15.6. The molecule has 0 radical (unpaired) electrons. The molecule has 0 atom stereocenters. The Labute approximate surface area is 128 Å². The minimum Gasteiger partial charge on any atom is -0.348 e. The summed E-state index contributed by atoms with van der Waals surface area (Å²) in [4.78, 5) is 13.5. The van der Waals surface area contributed by atoms with Gasteiger partial charge in [0.1, 0.15) is 0 Å². The molecule has 6 heteroatoms. The third-order valence-corrected chi connectivity index (χ3v) is 5.56. The van der Waals surface area contributed by atoms with Gasteiger partial charge in [0.25, 0.3) is 5.91 Å². The molecule has 1 aromatic carbocycles. The van der Waals surface area contributed by atoms with Crippen LogP contribution in [0.15, 0.2) is 34.5 Å². The minimum atomic E-state index is -3.23. The van der Waals surface area contributed by atoms with Gasteiger partial charge in [0, 0.05) is 23.2 Å². The van der Waals surface area contributed by atoms with Crippen LogP contribution in [-0.4, -0.2) is 20.6 Å². The molecule has 0 spiro atoms. The molecule has 1 heterocycles. The molecule has 0 aliphatic heterocycles. The van der Waals surface area contributed by atoms with Gasteiger partial charge in [-0.3, -0.25) is 4.79 Å². The molecule has 0 saturated heterocycles. The number of amides is 1. The van der Waals surface area contributed by atoms with Gasteiger partial charge in [-0.25, -0.2) is 8.42 Å². The van der Waals surface area contributed by atoms with E-state index in [0.717, 1.165) is 11.8 Å². The Morgan fingerprint density at radius 2 is 1.81 bits per heavy atom. The van der Waals surface area contributed by atoms with Crippen LogP contribution in [0, 0.1) is 13.8 Å². The second-order valence-electron chi connectivity index (χ2n) is 4.92. The van der Waals surface area contributed by atoms with Gasteiger partial charge in [0.05, 0.1) is 4.90 Å². The third kappa shape index (κ3) is 3.71. The van der Waals surface area contributed by atoms with E-state index in [4.69, 9.17) is 0 Å². The Morgan fingerprint density at radius 1 is 1.19 bits per heavy atom. The molecular weight excluding hydrogens is 306 g/mol. The summed E-state index contributed by atoms with van der Waals surface area (Å²) in [6, 6.07) is 5.95. The molecule has 0 saturated carbocycles. The molecule has 2 aromatic rings. The highest BCUT2D eigenvalue weighted by atomic mass is 32.2. The highest BCUT2D eigenvalue weighted by molar-refractivity contribution is 7.90. The fourth-order valence-electron chi connectivity index (χ4n) is 1.87. The second-order valence-corrected chi connectivity index (χ2v) is 8.02. The van der Waals surface area contributed by atoms with Crippen molar-refractivity contribution < 1.29 is 13.2 Å². The maximum absolute atomic E-state index is 12.0. The molecule has 0 aliphatic carbocycles. The number of thiophene rings is 1. The standard InChI is InChI=1S/C15H17NO3S2/c1-10-11(2)20-9-13(10)8-16-15(17)12-4-6-14(7-5-12)21(3,18)19/h4-7,9H,8H2,1-3H3,(H,16,17). The smallest absolute Gasteiger partial charge is 0.251 e. The Kier molecular flexibility index (Phi) is 4.49. The first-order valence-electron chi connectivity index (χ1n) is 6.41. The topological polar surface area (TPSA) is 63.2 Å². The van der Waals surface area contributed by atoms with Crippen molar-refractivity contribution in [3.8, 4) is 0 Å². The number of sulfone groups is 1. The molecule has 21 heavy (non-hydrogen) atoms. The average Bonchev–Trinajstić information content (AvgIpc) is 2.75. The van der Waals surface area contributed by atoms with E-state index in [-0.39, 0.29) is 10.8 Å². The molecule has 0 unspecified atom stereocenters. The normalized spacial score (nSPS) is 11.4. The maximum Gasteiger partial charge on any atom is 0.251 e. The van der Waals surface area contributed by atoms with Crippen molar-refractivity contribution in [3.05, 3.63) is 51.2 Å². The largest absolute Gasteiger partial charge is 0.348 e. The predicted molar refractivity (Wildman–Crippen MR) is 84.5 cm³/mol. The van der Waals surface area contributed by atoms with Crippen LogP contribution < -0.4 is 5.32 Å². The molecule has 0 bridgehead atoms. The molecule has 1 amide bonds. The van der Waals surface area contributed by atoms with Crippen LogP contribution in [0.5, 0.6) is 0 Å². The van der Waals surface area contributed by atoms with Crippen molar-refractivity contribution in [3.63, 3.8) is 0 Å². The quantitative estimate of drug-likeness (QED) is 0.941. The van der Waals surface area contributed by atoms with Gasteiger partial charge in [-0.05, 0) is 54.6 Å². The van der Waals surface area contributed by atoms with Crippen LogP contribution in [0.3, 0.4) is 0 Å². The summed E-state index contributed by atoms with van der Waals surface area (Å²) >= 11 is 1.67. The van der Waals surface area contributed by atoms with Gasteiger partial charge in [0.2, 0.25) is 0 Å². The molecule has 0 fully saturated rings. The lowest BCUT2D eigenvalue weighted by atomic mass is 10.1. The van der Waals surface area contributed by atoms with Gasteiger partial charge >= 0.3 is 0 Å². The lowest BCUT2D eigenvalue weighted by Crippen LogP contribution is -2.22. The number of benzene rings is 1. The van der Waals surface area contributed by atoms with E-state index in [1.807, 2.05) is 12.3 Å². The number of aryl methyl sites for hydroxylation is 1. The first-order chi connectivity index (χ1) is 9.79. The van der Waals surface area contributed by atoms with Crippen molar-refractivity contribution in [1.82, 2.24) is 5.32 Å². The van der Waals surface area contributed by atoms with Crippen LogP contribution in [0.2, 0.25) is 0 Å². The fraction of sp³-hybridized carbons (Fsp3) is 0.267. The van der Waals surface area contributed by atoms with E-state index in [1.54, 1.807) is 11.3 Å². The Morgan fingerprint density at radius 3 is 2.29 bits per heavy atom. The van der Waals surface area contributed by atoms with Gasteiger partial charge in [-0.15, -0.1) is 11.3 Å². The monoisotopic (exact) mass is 323 g/mol. The average molecular weight is 323 g/mol.